The summed E-state index contributed by atoms with van der Waals surface area (Å²) < 4.78 is 3.71. The van der Waals surface area contributed by atoms with Gasteiger partial charge in [-0.05, 0) is 55.2 Å². The van der Waals surface area contributed by atoms with Gasteiger partial charge in [0.25, 0.3) is 5.56 Å². The van der Waals surface area contributed by atoms with E-state index >= 15 is 0 Å². The standard InChI is InChI=1S/C29H24ClN5O/c1-19(11-12-20-7-3-2-4-8-20)35-18-31-27-25(29(35)36)26-28(33-24-10-6-5-9-23(24)32-26)34(27)17-21-13-15-22(30)16-14-21/h2-10,13-16,18-19H,11-12,17H2,1H3. The molecule has 6 aromatic rings. The molecule has 0 bridgehead atoms. The van der Waals surface area contributed by atoms with E-state index in [0.717, 1.165) is 29.4 Å². The zero-order valence-electron chi connectivity index (χ0n) is 19.8. The molecule has 0 N–H and O–H groups in total. The van der Waals surface area contributed by atoms with E-state index in [1.54, 1.807) is 10.9 Å². The fourth-order valence-corrected chi connectivity index (χ4v) is 4.84. The third kappa shape index (κ3) is 4.03. The predicted molar refractivity (Wildman–Crippen MR) is 145 cm³/mol. The number of aryl methyl sites for hydroxylation is 1. The molecule has 3 heterocycles. The maximum absolute atomic E-state index is 13.9. The predicted octanol–water partition coefficient (Wildman–Crippen LogP) is 6.19. The first kappa shape index (κ1) is 22.4. The first-order valence-corrected chi connectivity index (χ1v) is 12.4. The van der Waals surface area contributed by atoms with Crippen LogP contribution < -0.4 is 5.56 Å². The Balaban J connectivity index is 1.50. The molecule has 6 rings (SSSR count). The lowest BCUT2D eigenvalue weighted by Crippen LogP contribution is -2.24. The molecule has 0 saturated carbocycles. The highest BCUT2D eigenvalue weighted by Gasteiger charge is 2.21. The highest BCUT2D eigenvalue weighted by molar-refractivity contribution is 6.30. The number of nitrogens with zero attached hydrogens (tertiary/aromatic N) is 5. The molecule has 0 aliphatic heterocycles. The smallest absolute Gasteiger partial charge is 0.265 e. The third-order valence-electron chi connectivity index (χ3n) is 6.70. The van der Waals surface area contributed by atoms with Crippen LogP contribution in [0.25, 0.3) is 33.2 Å². The molecule has 0 spiro atoms. The van der Waals surface area contributed by atoms with Crippen molar-refractivity contribution in [3.8, 4) is 0 Å². The summed E-state index contributed by atoms with van der Waals surface area (Å²) in [7, 11) is 0. The molecule has 1 unspecified atom stereocenters. The zero-order chi connectivity index (χ0) is 24.6. The topological polar surface area (TPSA) is 65.6 Å². The molecule has 0 aliphatic carbocycles. The van der Waals surface area contributed by atoms with E-state index in [9.17, 15) is 4.79 Å². The van der Waals surface area contributed by atoms with Crippen molar-refractivity contribution in [2.45, 2.75) is 32.4 Å². The van der Waals surface area contributed by atoms with Crippen LogP contribution in [0.1, 0.15) is 30.5 Å². The molecule has 0 saturated heterocycles. The lowest BCUT2D eigenvalue weighted by Gasteiger charge is -2.15. The Bertz CT molecular complexity index is 1760. The van der Waals surface area contributed by atoms with Crippen LogP contribution in [0.3, 0.4) is 0 Å². The van der Waals surface area contributed by atoms with Crippen LogP contribution in [-0.2, 0) is 13.0 Å². The first-order chi connectivity index (χ1) is 17.6. The number of hydrogen-bond acceptors (Lipinski definition) is 4. The van der Waals surface area contributed by atoms with Crippen molar-refractivity contribution in [1.29, 1.82) is 0 Å². The third-order valence-corrected chi connectivity index (χ3v) is 6.95. The Morgan fingerprint density at radius 2 is 1.53 bits per heavy atom. The van der Waals surface area contributed by atoms with E-state index in [1.807, 2.05) is 71.3 Å². The number of fused-ring (bicyclic) bond motifs is 4. The monoisotopic (exact) mass is 493 g/mol. The molecule has 3 aromatic carbocycles. The lowest BCUT2D eigenvalue weighted by molar-refractivity contribution is 0.489. The minimum Gasteiger partial charge on any atom is -0.304 e. The molecule has 0 radical (unpaired) electrons. The van der Waals surface area contributed by atoms with Crippen molar-refractivity contribution in [1.82, 2.24) is 24.1 Å². The Labute approximate surface area is 212 Å². The van der Waals surface area contributed by atoms with Gasteiger partial charge in [-0.25, -0.2) is 15.0 Å². The minimum atomic E-state index is -0.0926. The van der Waals surface area contributed by atoms with Gasteiger partial charge in [0.1, 0.15) is 17.2 Å². The molecule has 36 heavy (non-hydrogen) atoms. The molecule has 7 heteroatoms. The van der Waals surface area contributed by atoms with Gasteiger partial charge in [-0.15, -0.1) is 0 Å². The number of hydrogen-bond donors (Lipinski definition) is 0. The number of benzene rings is 3. The quantitative estimate of drug-likeness (QED) is 0.277. The summed E-state index contributed by atoms with van der Waals surface area (Å²) in [6.07, 6.45) is 3.38. The van der Waals surface area contributed by atoms with Gasteiger partial charge in [-0.3, -0.25) is 9.36 Å². The highest BCUT2D eigenvalue weighted by atomic mass is 35.5. The van der Waals surface area contributed by atoms with Crippen molar-refractivity contribution < 1.29 is 0 Å². The molecule has 0 amide bonds. The van der Waals surface area contributed by atoms with Crippen molar-refractivity contribution >= 4 is 44.8 Å². The average molecular weight is 494 g/mol. The van der Waals surface area contributed by atoms with Crippen molar-refractivity contribution in [3.63, 3.8) is 0 Å². The summed E-state index contributed by atoms with van der Waals surface area (Å²) in [5.41, 5.74) is 5.55. The van der Waals surface area contributed by atoms with Crippen LogP contribution in [0.2, 0.25) is 5.02 Å². The SMILES string of the molecule is CC(CCc1ccccc1)n1cnc2c(c1=O)c1nc3ccccc3nc1n2Cc1ccc(Cl)cc1. The van der Waals surface area contributed by atoms with E-state index in [4.69, 9.17) is 26.6 Å². The fourth-order valence-electron chi connectivity index (χ4n) is 4.71. The summed E-state index contributed by atoms with van der Waals surface area (Å²) >= 11 is 6.10. The van der Waals surface area contributed by atoms with Crippen LogP contribution in [0, 0.1) is 0 Å². The Morgan fingerprint density at radius 1 is 0.833 bits per heavy atom. The van der Waals surface area contributed by atoms with E-state index in [2.05, 4.69) is 19.1 Å². The fraction of sp³-hybridized carbons (Fsp3) is 0.172. The first-order valence-electron chi connectivity index (χ1n) is 12.0. The van der Waals surface area contributed by atoms with Crippen molar-refractivity contribution in [3.05, 3.63) is 112 Å². The minimum absolute atomic E-state index is 0.0160. The highest BCUT2D eigenvalue weighted by Crippen LogP contribution is 2.27. The van der Waals surface area contributed by atoms with E-state index in [1.165, 1.54) is 5.56 Å². The molecule has 0 fully saturated rings. The maximum Gasteiger partial charge on any atom is 0.265 e. The van der Waals surface area contributed by atoms with Crippen molar-refractivity contribution in [2.24, 2.45) is 0 Å². The summed E-state index contributed by atoms with van der Waals surface area (Å²) in [6, 6.07) is 25.7. The Kier molecular flexibility index (Phi) is 5.74. The zero-order valence-corrected chi connectivity index (χ0v) is 20.6. The van der Waals surface area contributed by atoms with Gasteiger partial charge in [0.15, 0.2) is 11.3 Å². The summed E-state index contributed by atoms with van der Waals surface area (Å²) in [5, 5.41) is 1.18. The Morgan fingerprint density at radius 3 is 2.28 bits per heavy atom. The second-order valence-corrected chi connectivity index (χ2v) is 9.56. The number of rotatable bonds is 6. The summed E-state index contributed by atoms with van der Waals surface area (Å²) in [5.74, 6) is 0. The Hall–Kier alpha value is -4.03. The number of halogens is 1. The number of para-hydroxylation sites is 2. The molecule has 0 aliphatic rings. The lowest BCUT2D eigenvalue weighted by atomic mass is 10.1. The second kappa shape index (κ2) is 9.21. The van der Waals surface area contributed by atoms with Gasteiger partial charge >= 0.3 is 0 Å². The summed E-state index contributed by atoms with van der Waals surface area (Å²) in [6.45, 7) is 2.57. The number of aromatic nitrogens is 5. The van der Waals surface area contributed by atoms with Gasteiger partial charge in [0.05, 0.1) is 17.6 Å². The molecule has 1 atom stereocenters. The van der Waals surface area contributed by atoms with Gasteiger partial charge in [-0.1, -0.05) is 66.2 Å². The van der Waals surface area contributed by atoms with Crippen LogP contribution in [-0.4, -0.2) is 24.1 Å². The normalized spacial score (nSPS) is 12.5. The molecular weight excluding hydrogens is 470 g/mol. The van der Waals surface area contributed by atoms with Gasteiger partial charge in [0, 0.05) is 11.1 Å². The van der Waals surface area contributed by atoms with E-state index < -0.39 is 0 Å². The molecule has 178 valence electrons. The summed E-state index contributed by atoms with van der Waals surface area (Å²) in [4.78, 5) is 28.4. The van der Waals surface area contributed by atoms with Crippen LogP contribution in [0.4, 0.5) is 0 Å². The van der Waals surface area contributed by atoms with Crippen molar-refractivity contribution in [2.75, 3.05) is 0 Å². The molecule has 3 aromatic heterocycles. The van der Waals surface area contributed by atoms with E-state index in [-0.39, 0.29) is 11.6 Å². The van der Waals surface area contributed by atoms with Gasteiger partial charge in [-0.2, -0.15) is 0 Å². The van der Waals surface area contributed by atoms with Gasteiger partial charge < -0.3 is 4.57 Å². The second-order valence-electron chi connectivity index (χ2n) is 9.13. The average Bonchev–Trinajstić information content (AvgIpc) is 3.21. The van der Waals surface area contributed by atoms with Gasteiger partial charge in [0.2, 0.25) is 0 Å². The molecular formula is C29H24ClN5O. The van der Waals surface area contributed by atoms with E-state index in [0.29, 0.717) is 33.8 Å². The maximum atomic E-state index is 13.9. The molecule has 6 nitrogen and oxygen atoms in total. The van der Waals surface area contributed by atoms with Crippen LogP contribution in [0.15, 0.2) is 90.0 Å². The van der Waals surface area contributed by atoms with Crippen LogP contribution in [0.5, 0.6) is 0 Å². The van der Waals surface area contributed by atoms with Crippen LogP contribution >= 0.6 is 11.6 Å². The largest absolute Gasteiger partial charge is 0.304 e.